The quantitative estimate of drug-likeness (QED) is 0.722. The van der Waals surface area contributed by atoms with Crippen LogP contribution in [0, 0.1) is 0 Å². The van der Waals surface area contributed by atoms with Crippen LogP contribution in [-0.2, 0) is 10.3 Å². The van der Waals surface area contributed by atoms with Crippen LogP contribution in [0.25, 0.3) is 0 Å². The molecular formula is C12H10Cl2N2O3. The molecule has 0 aromatic heterocycles. The smallest absolute Gasteiger partial charge is 0.322 e. The first-order chi connectivity index (χ1) is 8.92. The first kappa shape index (κ1) is 12.6. The molecule has 0 aliphatic carbocycles. The fourth-order valence-electron chi connectivity index (χ4n) is 2.58. The molecule has 1 spiro atoms. The van der Waals surface area contributed by atoms with Crippen molar-refractivity contribution in [1.29, 1.82) is 0 Å². The van der Waals surface area contributed by atoms with Crippen LogP contribution < -0.4 is 15.4 Å². The van der Waals surface area contributed by atoms with Crippen LogP contribution in [0.1, 0.15) is 18.9 Å². The average molecular weight is 301 g/mol. The third kappa shape index (κ3) is 1.76. The second kappa shape index (κ2) is 4.02. The van der Waals surface area contributed by atoms with Crippen molar-refractivity contribution in [2.75, 3.05) is 0 Å². The van der Waals surface area contributed by atoms with E-state index in [1.54, 1.807) is 12.1 Å². The van der Waals surface area contributed by atoms with E-state index in [2.05, 4.69) is 10.6 Å². The van der Waals surface area contributed by atoms with Gasteiger partial charge < -0.3 is 10.1 Å². The van der Waals surface area contributed by atoms with Crippen molar-refractivity contribution in [3.05, 3.63) is 27.7 Å². The Morgan fingerprint density at radius 3 is 2.63 bits per heavy atom. The zero-order valence-electron chi connectivity index (χ0n) is 9.92. The van der Waals surface area contributed by atoms with Crippen LogP contribution in [0.2, 0.25) is 10.0 Å². The Bertz CT molecular complexity index is 605. The number of halogens is 2. The monoisotopic (exact) mass is 300 g/mol. The van der Waals surface area contributed by atoms with E-state index in [-0.39, 0.29) is 6.10 Å². The van der Waals surface area contributed by atoms with Crippen LogP contribution in [0.5, 0.6) is 5.75 Å². The fourth-order valence-corrected chi connectivity index (χ4v) is 2.90. The van der Waals surface area contributed by atoms with E-state index in [0.717, 1.165) is 0 Å². The van der Waals surface area contributed by atoms with E-state index in [9.17, 15) is 9.59 Å². The molecule has 2 aliphatic heterocycles. The van der Waals surface area contributed by atoms with E-state index in [4.69, 9.17) is 27.9 Å². The Balaban J connectivity index is 2.22. The fraction of sp³-hybridized carbons (Fsp3) is 0.333. The minimum absolute atomic E-state index is 0.228. The third-order valence-corrected chi connectivity index (χ3v) is 4.07. The largest absolute Gasteiger partial charge is 0.490 e. The minimum atomic E-state index is -1.13. The molecule has 0 radical (unpaired) electrons. The molecule has 1 fully saturated rings. The number of benzene rings is 1. The molecule has 5 nitrogen and oxygen atoms in total. The van der Waals surface area contributed by atoms with Crippen LogP contribution in [-0.4, -0.2) is 18.0 Å². The summed E-state index contributed by atoms with van der Waals surface area (Å²) in [6.07, 6.45) is 0.115. The number of amides is 3. The molecule has 3 amide bonds. The maximum absolute atomic E-state index is 12.1. The zero-order valence-corrected chi connectivity index (χ0v) is 11.4. The Morgan fingerprint density at radius 2 is 2.00 bits per heavy atom. The van der Waals surface area contributed by atoms with Gasteiger partial charge in [-0.15, -0.1) is 0 Å². The van der Waals surface area contributed by atoms with Gasteiger partial charge in [0.1, 0.15) is 5.75 Å². The highest BCUT2D eigenvalue weighted by molar-refractivity contribution is 6.42. The summed E-state index contributed by atoms with van der Waals surface area (Å²) in [5.41, 5.74) is -0.596. The molecule has 1 aromatic carbocycles. The maximum atomic E-state index is 12.1. The number of nitrogens with one attached hydrogen (secondary N) is 2. The molecule has 1 saturated heterocycles. The van der Waals surface area contributed by atoms with Crippen LogP contribution >= 0.6 is 23.2 Å². The SMILES string of the molecule is CC1CC2(NC(=O)NC2=O)c2cc(Cl)c(Cl)cc2O1. The summed E-state index contributed by atoms with van der Waals surface area (Å²) in [5, 5.41) is 5.58. The van der Waals surface area contributed by atoms with Crippen molar-refractivity contribution in [1.82, 2.24) is 10.6 Å². The maximum Gasteiger partial charge on any atom is 0.322 e. The second-order valence-electron chi connectivity index (χ2n) is 4.71. The first-order valence-electron chi connectivity index (χ1n) is 5.72. The normalized spacial score (nSPS) is 28.7. The van der Waals surface area contributed by atoms with Crippen molar-refractivity contribution < 1.29 is 14.3 Å². The van der Waals surface area contributed by atoms with Gasteiger partial charge in [-0.3, -0.25) is 10.1 Å². The molecule has 7 heteroatoms. The molecule has 3 rings (SSSR count). The summed E-state index contributed by atoms with van der Waals surface area (Å²) in [6.45, 7) is 1.82. The van der Waals surface area contributed by atoms with Gasteiger partial charge in [-0.25, -0.2) is 4.79 Å². The molecule has 2 N–H and O–H groups in total. The Hall–Kier alpha value is -1.46. The highest BCUT2D eigenvalue weighted by atomic mass is 35.5. The molecular weight excluding hydrogens is 291 g/mol. The Labute approximate surface area is 119 Å². The Morgan fingerprint density at radius 1 is 1.32 bits per heavy atom. The predicted molar refractivity (Wildman–Crippen MR) is 69.5 cm³/mol. The molecule has 19 heavy (non-hydrogen) atoms. The van der Waals surface area contributed by atoms with Crippen molar-refractivity contribution in [3.8, 4) is 5.75 Å². The third-order valence-electron chi connectivity index (χ3n) is 3.35. The summed E-state index contributed by atoms with van der Waals surface area (Å²) in [4.78, 5) is 23.6. The van der Waals surface area contributed by atoms with Gasteiger partial charge in [0.15, 0.2) is 5.54 Å². The van der Waals surface area contributed by atoms with E-state index >= 15 is 0 Å². The van der Waals surface area contributed by atoms with Gasteiger partial charge in [-0.1, -0.05) is 23.2 Å². The highest BCUT2D eigenvalue weighted by Crippen LogP contribution is 2.44. The number of rotatable bonds is 0. The van der Waals surface area contributed by atoms with Crippen molar-refractivity contribution in [2.24, 2.45) is 0 Å². The molecule has 2 atom stereocenters. The predicted octanol–water partition coefficient (Wildman–Crippen LogP) is 2.20. The minimum Gasteiger partial charge on any atom is -0.490 e. The Kier molecular flexibility index (Phi) is 2.66. The number of hydrogen-bond acceptors (Lipinski definition) is 3. The summed E-state index contributed by atoms with van der Waals surface area (Å²) in [7, 11) is 0. The summed E-state index contributed by atoms with van der Waals surface area (Å²) < 4.78 is 5.66. The van der Waals surface area contributed by atoms with Crippen molar-refractivity contribution in [3.63, 3.8) is 0 Å². The van der Waals surface area contributed by atoms with Crippen LogP contribution in [0.3, 0.4) is 0 Å². The molecule has 2 heterocycles. The number of urea groups is 1. The molecule has 2 unspecified atom stereocenters. The van der Waals surface area contributed by atoms with Gasteiger partial charge in [0.05, 0.1) is 16.1 Å². The number of carbonyl (C=O) groups excluding carboxylic acids is 2. The summed E-state index contributed by atoms with van der Waals surface area (Å²) >= 11 is 11.9. The molecule has 0 saturated carbocycles. The topological polar surface area (TPSA) is 67.4 Å². The van der Waals surface area contributed by atoms with Gasteiger partial charge in [-0.2, -0.15) is 0 Å². The zero-order chi connectivity index (χ0) is 13.8. The lowest BCUT2D eigenvalue weighted by Crippen LogP contribution is -2.49. The van der Waals surface area contributed by atoms with Crippen LogP contribution in [0.15, 0.2) is 12.1 Å². The van der Waals surface area contributed by atoms with Crippen LogP contribution in [0.4, 0.5) is 4.79 Å². The number of imide groups is 1. The number of hydrogen-bond donors (Lipinski definition) is 2. The number of ether oxygens (including phenoxy) is 1. The lowest BCUT2D eigenvalue weighted by molar-refractivity contribution is -0.126. The summed E-state index contributed by atoms with van der Waals surface area (Å²) in [5.74, 6) is 0.0674. The van der Waals surface area contributed by atoms with E-state index in [1.807, 2.05) is 6.92 Å². The standard InChI is InChI=1S/C12H10Cl2N2O3/c1-5-4-12(10(17)15-11(18)16-12)6-2-7(13)8(14)3-9(6)19-5/h2-3,5H,4H2,1H3,(H2,15,16,17,18). The molecule has 2 aliphatic rings. The van der Waals surface area contributed by atoms with Crippen molar-refractivity contribution in [2.45, 2.75) is 25.0 Å². The van der Waals surface area contributed by atoms with Gasteiger partial charge in [0, 0.05) is 18.1 Å². The van der Waals surface area contributed by atoms with E-state index < -0.39 is 17.5 Å². The molecule has 1 aromatic rings. The highest BCUT2D eigenvalue weighted by Gasteiger charge is 2.52. The van der Waals surface area contributed by atoms with E-state index in [1.165, 1.54) is 0 Å². The first-order valence-corrected chi connectivity index (χ1v) is 6.48. The lowest BCUT2D eigenvalue weighted by atomic mass is 9.82. The molecule has 100 valence electrons. The van der Waals surface area contributed by atoms with Gasteiger partial charge in [-0.05, 0) is 13.0 Å². The second-order valence-corrected chi connectivity index (χ2v) is 5.52. The van der Waals surface area contributed by atoms with Crippen molar-refractivity contribution >= 4 is 35.1 Å². The average Bonchev–Trinajstić information content (AvgIpc) is 2.57. The number of carbonyl (C=O) groups is 2. The number of fused-ring (bicyclic) bond motifs is 2. The molecule has 0 bridgehead atoms. The lowest BCUT2D eigenvalue weighted by Gasteiger charge is -2.36. The van der Waals surface area contributed by atoms with Gasteiger partial charge >= 0.3 is 6.03 Å². The van der Waals surface area contributed by atoms with Gasteiger partial charge in [0.25, 0.3) is 5.91 Å². The van der Waals surface area contributed by atoms with E-state index in [0.29, 0.717) is 27.8 Å². The summed E-state index contributed by atoms with van der Waals surface area (Å²) in [6, 6.07) is 2.61. The van der Waals surface area contributed by atoms with Gasteiger partial charge in [0.2, 0.25) is 0 Å².